The van der Waals surface area contributed by atoms with Crippen molar-refractivity contribution in [3.05, 3.63) is 48.7 Å². The van der Waals surface area contributed by atoms with Crippen LogP contribution >= 0.6 is 0 Å². The van der Waals surface area contributed by atoms with Gasteiger partial charge in [0.1, 0.15) is 12.4 Å². The van der Waals surface area contributed by atoms with Crippen LogP contribution in [0.2, 0.25) is 0 Å². The van der Waals surface area contributed by atoms with Gasteiger partial charge < -0.3 is 19.0 Å². The molecule has 0 amide bonds. The maximum absolute atomic E-state index is 9.71. The Labute approximate surface area is 141 Å². The second-order valence-electron chi connectivity index (χ2n) is 6.71. The number of aromatic nitrogens is 3. The summed E-state index contributed by atoms with van der Waals surface area (Å²) in [5.41, 5.74) is 2.07. The van der Waals surface area contributed by atoms with Crippen molar-refractivity contribution in [1.82, 2.24) is 14.1 Å². The Bertz CT molecular complexity index is 819. The zero-order chi connectivity index (χ0) is 16.5. The monoisotopic (exact) mass is 325 g/mol. The number of aliphatic hydroxyl groups excluding tert-OH is 1. The molecule has 3 aromatic rings. The Morgan fingerprint density at radius 2 is 2.25 bits per heavy atom. The summed E-state index contributed by atoms with van der Waals surface area (Å²) in [5.74, 6) is 1.63. The average molecular weight is 325 g/mol. The van der Waals surface area contributed by atoms with Crippen molar-refractivity contribution in [3.8, 4) is 5.75 Å². The Morgan fingerprint density at radius 1 is 1.38 bits per heavy atom. The predicted octanol–water partition coefficient (Wildman–Crippen LogP) is 3.38. The number of aliphatic hydroxyl groups is 1. The average Bonchev–Trinajstić information content (AvgIpc) is 3.11. The molecule has 0 aliphatic heterocycles. The molecule has 1 aliphatic rings. The molecule has 0 saturated heterocycles. The van der Waals surface area contributed by atoms with Gasteiger partial charge in [0.05, 0.1) is 24.5 Å². The van der Waals surface area contributed by atoms with Crippen molar-refractivity contribution < 1.29 is 9.84 Å². The SMILES string of the molecule is CC(COc1cccc2cc(CO)n(CC3CC3)c12)n1ccnc1. The minimum absolute atomic E-state index is 0.0618. The Kier molecular flexibility index (Phi) is 4.02. The number of hydrogen-bond acceptors (Lipinski definition) is 3. The van der Waals surface area contributed by atoms with Crippen LogP contribution in [0.1, 0.15) is 31.5 Å². The van der Waals surface area contributed by atoms with E-state index in [9.17, 15) is 5.11 Å². The third-order valence-electron chi connectivity index (χ3n) is 4.78. The molecule has 126 valence electrons. The van der Waals surface area contributed by atoms with Crippen LogP contribution in [0.3, 0.4) is 0 Å². The molecule has 2 aromatic heterocycles. The molecule has 1 unspecified atom stereocenters. The molecule has 2 heterocycles. The van der Waals surface area contributed by atoms with Crippen molar-refractivity contribution in [2.75, 3.05) is 6.61 Å². The van der Waals surface area contributed by atoms with E-state index in [1.54, 1.807) is 6.20 Å². The second kappa shape index (κ2) is 6.32. The predicted molar refractivity (Wildman–Crippen MR) is 93.0 cm³/mol. The highest BCUT2D eigenvalue weighted by molar-refractivity contribution is 5.87. The number of ether oxygens (including phenoxy) is 1. The first-order valence-corrected chi connectivity index (χ1v) is 8.58. The summed E-state index contributed by atoms with van der Waals surface area (Å²) in [6.45, 7) is 3.73. The first kappa shape index (κ1) is 15.3. The summed E-state index contributed by atoms with van der Waals surface area (Å²) in [6, 6.07) is 8.41. The van der Waals surface area contributed by atoms with Gasteiger partial charge in [-0.25, -0.2) is 4.98 Å². The molecule has 1 aromatic carbocycles. The van der Waals surface area contributed by atoms with E-state index in [4.69, 9.17) is 4.74 Å². The molecule has 1 atom stereocenters. The van der Waals surface area contributed by atoms with Crippen molar-refractivity contribution in [3.63, 3.8) is 0 Å². The second-order valence-corrected chi connectivity index (χ2v) is 6.71. The molecule has 4 rings (SSSR count). The highest BCUT2D eigenvalue weighted by atomic mass is 16.5. The fourth-order valence-corrected chi connectivity index (χ4v) is 3.19. The van der Waals surface area contributed by atoms with Gasteiger partial charge >= 0.3 is 0 Å². The van der Waals surface area contributed by atoms with Crippen LogP contribution in [0, 0.1) is 5.92 Å². The minimum atomic E-state index is 0.0618. The molecule has 0 radical (unpaired) electrons. The van der Waals surface area contributed by atoms with Gasteiger partial charge in [-0.2, -0.15) is 0 Å². The fraction of sp³-hybridized carbons (Fsp3) is 0.421. The van der Waals surface area contributed by atoms with Crippen molar-refractivity contribution >= 4 is 10.9 Å². The largest absolute Gasteiger partial charge is 0.489 e. The maximum Gasteiger partial charge on any atom is 0.143 e. The van der Waals surface area contributed by atoms with Gasteiger partial charge in [0, 0.05) is 30.0 Å². The van der Waals surface area contributed by atoms with Gasteiger partial charge in [-0.05, 0) is 37.8 Å². The van der Waals surface area contributed by atoms with Crippen molar-refractivity contribution in [2.24, 2.45) is 5.92 Å². The van der Waals surface area contributed by atoms with E-state index in [-0.39, 0.29) is 12.6 Å². The molecular formula is C19H23N3O2. The van der Waals surface area contributed by atoms with Crippen molar-refractivity contribution in [2.45, 2.75) is 39.0 Å². The number of para-hydroxylation sites is 1. The number of fused-ring (bicyclic) bond motifs is 1. The molecule has 0 spiro atoms. The van der Waals surface area contributed by atoms with Gasteiger partial charge in [0.25, 0.3) is 0 Å². The van der Waals surface area contributed by atoms with Crippen LogP contribution in [0.15, 0.2) is 43.0 Å². The summed E-state index contributed by atoms with van der Waals surface area (Å²) in [4.78, 5) is 4.09. The Balaban J connectivity index is 1.63. The number of imidazole rings is 1. The van der Waals surface area contributed by atoms with Crippen LogP contribution in [0.25, 0.3) is 10.9 Å². The van der Waals surface area contributed by atoms with E-state index >= 15 is 0 Å². The van der Waals surface area contributed by atoms with Gasteiger partial charge in [0.15, 0.2) is 0 Å². The van der Waals surface area contributed by atoms with Gasteiger partial charge in [-0.1, -0.05) is 12.1 Å². The van der Waals surface area contributed by atoms with Crippen molar-refractivity contribution in [1.29, 1.82) is 0 Å². The molecule has 5 heteroatoms. The van der Waals surface area contributed by atoms with Gasteiger partial charge in [-0.15, -0.1) is 0 Å². The Morgan fingerprint density at radius 3 is 2.96 bits per heavy atom. The van der Waals surface area contributed by atoms with Crippen LogP contribution in [-0.4, -0.2) is 25.8 Å². The topological polar surface area (TPSA) is 52.2 Å². The first-order chi connectivity index (χ1) is 11.8. The minimum Gasteiger partial charge on any atom is -0.489 e. The number of nitrogens with zero attached hydrogens (tertiary/aromatic N) is 3. The van der Waals surface area contributed by atoms with E-state index < -0.39 is 0 Å². The standard InChI is InChI=1S/C19H23N3O2/c1-14(21-8-7-20-13-21)12-24-18-4-2-3-16-9-17(11-23)22(19(16)18)10-15-5-6-15/h2-4,7-9,13-15,23H,5-6,10-12H2,1H3. The normalized spacial score (nSPS) is 15.8. The molecule has 1 fully saturated rings. The molecule has 1 aliphatic carbocycles. The summed E-state index contributed by atoms with van der Waals surface area (Å²) in [6.07, 6.45) is 8.12. The molecular weight excluding hydrogens is 302 g/mol. The fourth-order valence-electron chi connectivity index (χ4n) is 3.19. The van der Waals surface area contributed by atoms with Crippen LogP contribution in [0.5, 0.6) is 5.75 Å². The van der Waals surface area contributed by atoms with E-state index in [0.717, 1.165) is 34.8 Å². The lowest BCUT2D eigenvalue weighted by Crippen LogP contribution is -2.13. The first-order valence-electron chi connectivity index (χ1n) is 8.58. The summed E-state index contributed by atoms with van der Waals surface area (Å²) in [5, 5.41) is 10.8. The molecule has 0 bridgehead atoms. The number of benzene rings is 1. The van der Waals surface area contributed by atoms with E-state index in [0.29, 0.717) is 6.61 Å². The molecule has 1 N–H and O–H groups in total. The van der Waals surface area contributed by atoms with E-state index in [1.165, 1.54) is 12.8 Å². The number of rotatable bonds is 7. The molecule has 1 saturated carbocycles. The summed E-state index contributed by atoms with van der Waals surface area (Å²) >= 11 is 0. The van der Waals surface area contributed by atoms with E-state index in [1.807, 2.05) is 29.2 Å². The van der Waals surface area contributed by atoms with Crippen LogP contribution < -0.4 is 4.74 Å². The summed E-state index contributed by atoms with van der Waals surface area (Å²) in [7, 11) is 0. The smallest absolute Gasteiger partial charge is 0.143 e. The molecule has 5 nitrogen and oxygen atoms in total. The third-order valence-corrected chi connectivity index (χ3v) is 4.78. The lowest BCUT2D eigenvalue weighted by atomic mass is 10.2. The lowest BCUT2D eigenvalue weighted by Gasteiger charge is -2.16. The quantitative estimate of drug-likeness (QED) is 0.724. The third kappa shape index (κ3) is 2.91. The van der Waals surface area contributed by atoms with Crippen LogP contribution in [-0.2, 0) is 13.2 Å². The van der Waals surface area contributed by atoms with Gasteiger partial charge in [0.2, 0.25) is 0 Å². The van der Waals surface area contributed by atoms with Crippen LogP contribution in [0.4, 0.5) is 0 Å². The maximum atomic E-state index is 9.71. The van der Waals surface area contributed by atoms with Gasteiger partial charge in [-0.3, -0.25) is 0 Å². The summed E-state index contributed by atoms with van der Waals surface area (Å²) < 4.78 is 10.4. The zero-order valence-electron chi connectivity index (χ0n) is 13.9. The lowest BCUT2D eigenvalue weighted by molar-refractivity contribution is 0.260. The molecule has 24 heavy (non-hydrogen) atoms. The highest BCUT2D eigenvalue weighted by Crippen LogP contribution is 2.36. The zero-order valence-corrected chi connectivity index (χ0v) is 13.9. The van der Waals surface area contributed by atoms with E-state index in [2.05, 4.69) is 28.6 Å². The Hall–Kier alpha value is -2.27. The number of hydrogen-bond donors (Lipinski definition) is 1. The highest BCUT2D eigenvalue weighted by Gasteiger charge is 2.24.